The van der Waals surface area contributed by atoms with Crippen molar-refractivity contribution >= 4 is 0 Å². The van der Waals surface area contributed by atoms with E-state index in [-0.39, 0.29) is 0 Å². The van der Waals surface area contributed by atoms with Gasteiger partial charge in [-0.1, -0.05) is 0 Å². The summed E-state index contributed by atoms with van der Waals surface area (Å²) in [5.41, 5.74) is -0.426. The van der Waals surface area contributed by atoms with Crippen LogP contribution >= 0.6 is 0 Å². The molecule has 0 aliphatic heterocycles. The summed E-state index contributed by atoms with van der Waals surface area (Å²) in [6, 6.07) is 10.5. The van der Waals surface area contributed by atoms with Crippen molar-refractivity contribution in [2.45, 2.75) is 44.2 Å². The van der Waals surface area contributed by atoms with E-state index in [2.05, 4.69) is 11.4 Å². The molecule has 1 aromatic carbocycles. The standard InChI is InChI=1S/C16H22N2O2/c1-16(12-17,18-13-4-5-13)10-3-11-20-15-8-6-14(19-2)7-9-15/h6-9,13,18H,3-5,10-11H2,1-2H3. The van der Waals surface area contributed by atoms with Gasteiger partial charge in [-0.15, -0.1) is 0 Å². The maximum absolute atomic E-state index is 9.27. The number of methoxy groups -OCH3 is 1. The van der Waals surface area contributed by atoms with Gasteiger partial charge >= 0.3 is 0 Å². The van der Waals surface area contributed by atoms with E-state index < -0.39 is 5.54 Å². The largest absolute Gasteiger partial charge is 0.497 e. The van der Waals surface area contributed by atoms with Gasteiger partial charge in [-0.3, -0.25) is 5.32 Å². The first-order valence-corrected chi connectivity index (χ1v) is 7.11. The Bertz CT molecular complexity index is 462. The molecule has 1 aromatic rings. The fourth-order valence-electron chi connectivity index (χ4n) is 2.13. The highest BCUT2D eigenvalue weighted by molar-refractivity contribution is 5.31. The number of hydrogen-bond donors (Lipinski definition) is 1. The topological polar surface area (TPSA) is 54.3 Å². The molecule has 1 aliphatic rings. The first-order valence-electron chi connectivity index (χ1n) is 7.11. The SMILES string of the molecule is COc1ccc(OCCCC(C)(C#N)NC2CC2)cc1. The average Bonchev–Trinajstić information content (AvgIpc) is 3.28. The number of hydrogen-bond acceptors (Lipinski definition) is 4. The Morgan fingerprint density at radius 2 is 1.95 bits per heavy atom. The third-order valence-corrected chi connectivity index (χ3v) is 3.50. The van der Waals surface area contributed by atoms with Gasteiger partial charge in [0, 0.05) is 6.04 Å². The highest BCUT2D eigenvalue weighted by Crippen LogP contribution is 2.24. The van der Waals surface area contributed by atoms with Crippen LogP contribution in [-0.4, -0.2) is 25.3 Å². The molecule has 108 valence electrons. The summed E-state index contributed by atoms with van der Waals surface area (Å²) in [6.07, 6.45) is 4.05. The van der Waals surface area contributed by atoms with Gasteiger partial charge in [0.05, 0.1) is 19.8 Å². The van der Waals surface area contributed by atoms with Crippen LogP contribution in [0.4, 0.5) is 0 Å². The van der Waals surface area contributed by atoms with Crippen LogP contribution < -0.4 is 14.8 Å². The van der Waals surface area contributed by atoms with E-state index >= 15 is 0 Å². The monoisotopic (exact) mass is 274 g/mol. The van der Waals surface area contributed by atoms with Crippen molar-refractivity contribution in [3.8, 4) is 17.6 Å². The zero-order valence-electron chi connectivity index (χ0n) is 12.2. The molecule has 4 nitrogen and oxygen atoms in total. The fourth-order valence-corrected chi connectivity index (χ4v) is 2.13. The summed E-state index contributed by atoms with van der Waals surface area (Å²) in [5, 5.41) is 12.7. The molecule has 0 aromatic heterocycles. The highest BCUT2D eigenvalue weighted by atomic mass is 16.5. The zero-order valence-corrected chi connectivity index (χ0v) is 12.2. The summed E-state index contributed by atoms with van der Waals surface area (Å²) in [4.78, 5) is 0. The van der Waals surface area contributed by atoms with Crippen molar-refractivity contribution in [3.63, 3.8) is 0 Å². The van der Waals surface area contributed by atoms with E-state index in [0.29, 0.717) is 12.6 Å². The third kappa shape index (κ3) is 4.43. The fraction of sp³-hybridized carbons (Fsp3) is 0.562. The molecular formula is C16H22N2O2. The van der Waals surface area contributed by atoms with Crippen LogP contribution in [0.1, 0.15) is 32.6 Å². The van der Waals surface area contributed by atoms with E-state index in [1.165, 1.54) is 12.8 Å². The van der Waals surface area contributed by atoms with Gasteiger partial charge < -0.3 is 9.47 Å². The first-order chi connectivity index (χ1) is 9.65. The second-order valence-corrected chi connectivity index (χ2v) is 5.49. The number of nitrogens with zero attached hydrogens (tertiary/aromatic N) is 1. The van der Waals surface area contributed by atoms with Crippen LogP contribution in [0.3, 0.4) is 0 Å². The van der Waals surface area contributed by atoms with Gasteiger partial charge in [0.2, 0.25) is 0 Å². The van der Waals surface area contributed by atoms with Gasteiger partial charge in [0.1, 0.15) is 17.0 Å². The minimum atomic E-state index is -0.426. The minimum absolute atomic E-state index is 0.426. The average molecular weight is 274 g/mol. The Labute approximate surface area is 120 Å². The predicted molar refractivity (Wildman–Crippen MR) is 77.9 cm³/mol. The van der Waals surface area contributed by atoms with Crippen LogP contribution in [0.15, 0.2) is 24.3 Å². The lowest BCUT2D eigenvalue weighted by atomic mass is 9.98. The van der Waals surface area contributed by atoms with Crippen molar-refractivity contribution in [2.75, 3.05) is 13.7 Å². The van der Waals surface area contributed by atoms with Crippen LogP contribution in [0.5, 0.6) is 11.5 Å². The number of ether oxygens (including phenoxy) is 2. The molecule has 0 radical (unpaired) electrons. The van der Waals surface area contributed by atoms with Gasteiger partial charge in [0.25, 0.3) is 0 Å². The van der Waals surface area contributed by atoms with Crippen molar-refractivity contribution in [2.24, 2.45) is 0 Å². The molecule has 0 heterocycles. The maximum atomic E-state index is 9.27. The molecule has 1 saturated carbocycles. The van der Waals surface area contributed by atoms with E-state index in [4.69, 9.17) is 9.47 Å². The van der Waals surface area contributed by atoms with E-state index in [1.807, 2.05) is 31.2 Å². The summed E-state index contributed by atoms with van der Waals surface area (Å²) in [6.45, 7) is 2.59. The molecule has 0 amide bonds. The van der Waals surface area contributed by atoms with Crippen molar-refractivity contribution in [3.05, 3.63) is 24.3 Å². The quantitative estimate of drug-likeness (QED) is 0.741. The number of benzene rings is 1. The number of nitriles is 1. The lowest BCUT2D eigenvalue weighted by molar-refractivity contribution is 0.284. The second-order valence-electron chi connectivity index (χ2n) is 5.49. The van der Waals surface area contributed by atoms with E-state index in [0.717, 1.165) is 24.3 Å². The molecule has 0 spiro atoms. The Morgan fingerprint density at radius 3 is 2.50 bits per heavy atom. The Kier molecular flexibility index (Phi) is 4.86. The van der Waals surface area contributed by atoms with E-state index in [1.54, 1.807) is 7.11 Å². The Hall–Kier alpha value is -1.73. The lowest BCUT2D eigenvalue weighted by Crippen LogP contribution is -2.42. The summed E-state index contributed by atoms with van der Waals surface area (Å²) < 4.78 is 10.8. The zero-order chi connectivity index (χ0) is 14.4. The number of nitrogens with one attached hydrogen (secondary N) is 1. The second kappa shape index (κ2) is 6.62. The molecule has 0 bridgehead atoms. The molecule has 1 aliphatic carbocycles. The summed E-state index contributed by atoms with van der Waals surface area (Å²) >= 11 is 0. The van der Waals surface area contributed by atoms with Crippen molar-refractivity contribution < 1.29 is 9.47 Å². The molecule has 0 saturated heterocycles. The highest BCUT2D eigenvalue weighted by Gasteiger charge is 2.31. The van der Waals surface area contributed by atoms with E-state index in [9.17, 15) is 5.26 Å². The minimum Gasteiger partial charge on any atom is -0.497 e. The first kappa shape index (κ1) is 14.7. The maximum Gasteiger partial charge on any atom is 0.119 e. The van der Waals surface area contributed by atoms with Crippen molar-refractivity contribution in [1.82, 2.24) is 5.32 Å². The van der Waals surface area contributed by atoms with Gasteiger partial charge in [-0.2, -0.15) is 5.26 Å². The van der Waals surface area contributed by atoms with Gasteiger partial charge in [-0.05, 0) is 56.9 Å². The van der Waals surface area contributed by atoms with Crippen LogP contribution in [0.2, 0.25) is 0 Å². The Morgan fingerprint density at radius 1 is 1.30 bits per heavy atom. The normalized spacial score (nSPS) is 17.1. The van der Waals surface area contributed by atoms with Crippen LogP contribution in [0, 0.1) is 11.3 Å². The van der Waals surface area contributed by atoms with Gasteiger partial charge in [-0.25, -0.2) is 0 Å². The van der Waals surface area contributed by atoms with Gasteiger partial charge in [0.15, 0.2) is 0 Å². The van der Waals surface area contributed by atoms with Crippen molar-refractivity contribution in [1.29, 1.82) is 5.26 Å². The van der Waals surface area contributed by atoms with Crippen LogP contribution in [-0.2, 0) is 0 Å². The molecule has 1 atom stereocenters. The summed E-state index contributed by atoms with van der Waals surface area (Å²) in [7, 11) is 1.64. The molecule has 1 fully saturated rings. The molecule has 20 heavy (non-hydrogen) atoms. The molecule has 1 N–H and O–H groups in total. The smallest absolute Gasteiger partial charge is 0.119 e. The lowest BCUT2D eigenvalue weighted by Gasteiger charge is -2.23. The predicted octanol–water partition coefficient (Wildman–Crippen LogP) is 2.89. The Balaban J connectivity index is 1.70. The molecule has 2 rings (SSSR count). The molecule has 1 unspecified atom stereocenters. The molecular weight excluding hydrogens is 252 g/mol. The summed E-state index contributed by atoms with van der Waals surface area (Å²) in [5.74, 6) is 1.66. The number of rotatable bonds is 8. The third-order valence-electron chi connectivity index (χ3n) is 3.50. The van der Waals surface area contributed by atoms with Crippen LogP contribution in [0.25, 0.3) is 0 Å². The molecule has 4 heteroatoms.